The molecule has 0 aliphatic carbocycles. The lowest BCUT2D eigenvalue weighted by Crippen LogP contribution is -2.17. The van der Waals surface area contributed by atoms with E-state index < -0.39 is 11.9 Å². The van der Waals surface area contributed by atoms with Crippen molar-refractivity contribution < 1.29 is 34.0 Å². The van der Waals surface area contributed by atoms with Gasteiger partial charge < -0.3 is 24.4 Å². The van der Waals surface area contributed by atoms with E-state index in [0.717, 1.165) is 0 Å². The number of rotatable bonds is 6. The summed E-state index contributed by atoms with van der Waals surface area (Å²) < 4.78 is 15.6. The van der Waals surface area contributed by atoms with Crippen LogP contribution in [0, 0.1) is 34.6 Å². The van der Waals surface area contributed by atoms with E-state index in [0.29, 0.717) is 45.6 Å². The molecule has 2 rings (SSSR count). The Balaban J connectivity index is 2.53. The molecule has 2 aromatic rings. The van der Waals surface area contributed by atoms with Crippen LogP contribution in [0.4, 0.5) is 0 Å². The van der Waals surface area contributed by atoms with E-state index in [2.05, 4.69) is 0 Å². The number of hydrogen-bond donors (Lipinski definition) is 2. The maximum Gasteiger partial charge on any atom is 0.347 e. The molecule has 0 aromatic heterocycles. The second-order valence-electron chi connectivity index (χ2n) is 7.20. The van der Waals surface area contributed by atoms with Gasteiger partial charge in [0.15, 0.2) is 6.79 Å². The van der Waals surface area contributed by atoms with Gasteiger partial charge in [-0.3, -0.25) is 0 Å². The van der Waals surface area contributed by atoms with Gasteiger partial charge >= 0.3 is 11.9 Å². The van der Waals surface area contributed by atoms with Crippen molar-refractivity contribution in [1.82, 2.24) is 0 Å². The first-order valence-corrected chi connectivity index (χ1v) is 9.59. The Hall–Kier alpha value is -3.06. The van der Waals surface area contributed by atoms with Gasteiger partial charge in [0, 0.05) is 12.7 Å². The molecule has 0 heterocycles. The fourth-order valence-electron chi connectivity index (χ4n) is 3.50. The average Bonchev–Trinajstić information content (AvgIpc) is 2.68. The quantitative estimate of drug-likeness (QED) is 0.414. The summed E-state index contributed by atoms with van der Waals surface area (Å²) in [5.41, 5.74) is 3.57. The molecule has 0 aliphatic rings. The summed E-state index contributed by atoms with van der Waals surface area (Å²) in [5, 5.41) is 20.5. The van der Waals surface area contributed by atoms with Gasteiger partial charge in [0.25, 0.3) is 0 Å². The Morgan fingerprint density at radius 1 is 0.900 bits per heavy atom. The highest BCUT2D eigenvalue weighted by Crippen LogP contribution is 2.37. The Bertz CT molecular complexity index is 977. The molecular weight excluding hydrogens is 388 g/mol. The zero-order chi connectivity index (χ0) is 22.7. The first kappa shape index (κ1) is 23.2. The topological polar surface area (TPSA) is 102 Å². The van der Waals surface area contributed by atoms with Crippen molar-refractivity contribution in [2.75, 3.05) is 13.9 Å². The molecule has 2 N–H and O–H groups in total. The van der Waals surface area contributed by atoms with Crippen molar-refractivity contribution in [3.63, 3.8) is 0 Å². The molecule has 162 valence electrons. The lowest BCUT2D eigenvalue weighted by atomic mass is 9.93. The van der Waals surface area contributed by atoms with Crippen molar-refractivity contribution in [2.24, 2.45) is 0 Å². The summed E-state index contributed by atoms with van der Waals surface area (Å²) in [6.45, 7) is 10.2. The molecule has 7 heteroatoms. The minimum absolute atomic E-state index is 0.00216. The molecule has 0 radical (unpaired) electrons. The van der Waals surface area contributed by atoms with Crippen LogP contribution in [0.1, 0.15) is 61.0 Å². The first-order chi connectivity index (χ1) is 14.1. The van der Waals surface area contributed by atoms with Crippen molar-refractivity contribution in [2.45, 2.75) is 48.0 Å². The standard InChI is InChI=1S/C23H28O7/c1-8-16-17(24)9-11(2)18(20(16)25)23(27)30-21-14(5)12(3)19(13(4)15(21)6)22(26)29-10-28-7/h9,24-25H,8,10H2,1-7H3. The third-order valence-corrected chi connectivity index (χ3v) is 5.40. The van der Waals surface area contributed by atoms with E-state index in [1.165, 1.54) is 13.2 Å². The van der Waals surface area contributed by atoms with Crippen molar-refractivity contribution >= 4 is 11.9 Å². The van der Waals surface area contributed by atoms with Gasteiger partial charge in [0.2, 0.25) is 0 Å². The molecule has 0 unspecified atom stereocenters. The minimum atomic E-state index is -0.737. The Kier molecular flexibility index (Phi) is 7.10. The van der Waals surface area contributed by atoms with E-state index in [9.17, 15) is 19.8 Å². The number of phenolic OH excluding ortho intramolecular Hbond substituents is 2. The monoisotopic (exact) mass is 416 g/mol. The number of methoxy groups -OCH3 is 1. The maximum absolute atomic E-state index is 13.0. The van der Waals surface area contributed by atoms with Gasteiger partial charge in [-0.15, -0.1) is 0 Å². The first-order valence-electron chi connectivity index (χ1n) is 9.59. The summed E-state index contributed by atoms with van der Waals surface area (Å²) in [6, 6.07) is 1.43. The zero-order valence-corrected chi connectivity index (χ0v) is 18.4. The van der Waals surface area contributed by atoms with Crippen LogP contribution in [0.5, 0.6) is 17.2 Å². The largest absolute Gasteiger partial charge is 0.508 e. The van der Waals surface area contributed by atoms with E-state index in [4.69, 9.17) is 14.2 Å². The lowest BCUT2D eigenvalue weighted by Gasteiger charge is -2.20. The highest BCUT2D eigenvalue weighted by atomic mass is 16.7. The van der Waals surface area contributed by atoms with Crippen molar-refractivity contribution in [3.8, 4) is 17.2 Å². The van der Waals surface area contributed by atoms with Crippen LogP contribution in [0.25, 0.3) is 0 Å². The molecule has 0 atom stereocenters. The van der Waals surface area contributed by atoms with E-state index in [1.54, 1.807) is 41.5 Å². The van der Waals surface area contributed by atoms with Gasteiger partial charge in [-0.1, -0.05) is 6.92 Å². The third kappa shape index (κ3) is 4.11. The fraction of sp³-hybridized carbons (Fsp3) is 0.391. The summed E-state index contributed by atoms with van der Waals surface area (Å²) in [6.07, 6.45) is 0.354. The number of aryl methyl sites for hydroxylation is 1. The van der Waals surface area contributed by atoms with Gasteiger partial charge in [-0.05, 0) is 74.9 Å². The molecule has 30 heavy (non-hydrogen) atoms. The number of esters is 2. The summed E-state index contributed by atoms with van der Waals surface area (Å²) >= 11 is 0. The predicted octanol–water partition coefficient (Wildman–Crippen LogP) is 4.18. The van der Waals surface area contributed by atoms with Crippen molar-refractivity contribution in [3.05, 3.63) is 50.6 Å². The molecular formula is C23H28O7. The van der Waals surface area contributed by atoms with Crippen LogP contribution in [-0.4, -0.2) is 36.1 Å². The SMILES string of the molecule is CCc1c(O)cc(C)c(C(=O)Oc2c(C)c(C)c(C(=O)OCOC)c(C)c2C)c1O. The molecule has 7 nitrogen and oxygen atoms in total. The molecule has 0 saturated carbocycles. The summed E-state index contributed by atoms with van der Waals surface area (Å²) in [7, 11) is 1.43. The van der Waals surface area contributed by atoms with Crippen LogP contribution in [-0.2, 0) is 15.9 Å². The number of benzene rings is 2. The normalized spacial score (nSPS) is 10.8. The number of hydrogen-bond acceptors (Lipinski definition) is 7. The molecule has 0 amide bonds. The molecule has 0 bridgehead atoms. The summed E-state index contributed by atoms with van der Waals surface area (Å²) in [4.78, 5) is 25.4. The Labute approximate surface area is 176 Å². The van der Waals surface area contributed by atoms with Crippen LogP contribution in [0.15, 0.2) is 6.07 Å². The lowest BCUT2D eigenvalue weighted by molar-refractivity contribution is -0.0126. The van der Waals surface area contributed by atoms with Crippen LogP contribution < -0.4 is 4.74 Å². The van der Waals surface area contributed by atoms with Gasteiger partial charge in [-0.2, -0.15) is 0 Å². The van der Waals surface area contributed by atoms with Crippen LogP contribution in [0.2, 0.25) is 0 Å². The highest BCUT2D eigenvalue weighted by Gasteiger charge is 2.26. The van der Waals surface area contributed by atoms with Gasteiger partial charge in [0.05, 0.1) is 5.56 Å². The second-order valence-corrected chi connectivity index (χ2v) is 7.20. The number of aromatic hydroxyl groups is 2. The number of carbonyl (C=O) groups is 2. The van der Waals surface area contributed by atoms with Gasteiger partial charge in [0.1, 0.15) is 22.8 Å². The second kappa shape index (κ2) is 9.17. The fourth-order valence-corrected chi connectivity index (χ4v) is 3.50. The van der Waals surface area contributed by atoms with Crippen LogP contribution >= 0.6 is 0 Å². The minimum Gasteiger partial charge on any atom is -0.508 e. The summed E-state index contributed by atoms with van der Waals surface area (Å²) in [5.74, 6) is -1.29. The Morgan fingerprint density at radius 2 is 1.47 bits per heavy atom. The molecule has 0 aliphatic heterocycles. The zero-order valence-electron chi connectivity index (χ0n) is 18.4. The predicted molar refractivity (Wildman–Crippen MR) is 112 cm³/mol. The molecule has 0 spiro atoms. The smallest absolute Gasteiger partial charge is 0.347 e. The molecule has 0 saturated heterocycles. The number of carbonyl (C=O) groups excluding carboxylic acids is 2. The molecule has 2 aromatic carbocycles. The van der Waals surface area contributed by atoms with Crippen LogP contribution in [0.3, 0.4) is 0 Å². The number of phenols is 2. The van der Waals surface area contributed by atoms with Gasteiger partial charge in [-0.25, -0.2) is 9.59 Å². The molecule has 0 fully saturated rings. The number of ether oxygens (including phenoxy) is 3. The van der Waals surface area contributed by atoms with E-state index in [-0.39, 0.29) is 29.4 Å². The van der Waals surface area contributed by atoms with Crippen molar-refractivity contribution in [1.29, 1.82) is 0 Å². The highest BCUT2D eigenvalue weighted by molar-refractivity contribution is 5.98. The average molecular weight is 416 g/mol. The van der Waals surface area contributed by atoms with E-state index >= 15 is 0 Å². The van der Waals surface area contributed by atoms with E-state index in [1.807, 2.05) is 0 Å². The maximum atomic E-state index is 13.0. The Morgan fingerprint density at radius 3 is 1.97 bits per heavy atom. The third-order valence-electron chi connectivity index (χ3n) is 5.40.